The first-order chi connectivity index (χ1) is 8.84. The minimum atomic E-state index is -3.60. The predicted molar refractivity (Wildman–Crippen MR) is 74.8 cm³/mol. The van der Waals surface area contributed by atoms with Crippen molar-refractivity contribution in [1.29, 1.82) is 0 Å². The van der Waals surface area contributed by atoms with Gasteiger partial charge in [0.1, 0.15) is 0 Å². The van der Waals surface area contributed by atoms with Crippen molar-refractivity contribution >= 4 is 21.7 Å². The molecule has 0 bridgehead atoms. The number of carboxylic acids is 1. The first-order valence-corrected chi connectivity index (χ1v) is 7.81. The number of nitrogens with one attached hydrogen (secondary N) is 1. The maximum Gasteiger partial charge on any atom is 0.304 e. The monoisotopic (exact) mass is 285 g/mol. The van der Waals surface area contributed by atoms with E-state index in [0.29, 0.717) is 11.6 Å². The van der Waals surface area contributed by atoms with Gasteiger partial charge in [-0.2, -0.15) is 0 Å². The van der Waals surface area contributed by atoms with E-state index in [1.165, 1.54) is 0 Å². The van der Waals surface area contributed by atoms with E-state index in [0.717, 1.165) is 12.0 Å². The molecule has 1 aromatic carbocycles. The third-order valence-electron chi connectivity index (χ3n) is 2.95. The Hall–Kier alpha value is -1.56. The molecule has 0 saturated heterocycles. The van der Waals surface area contributed by atoms with E-state index < -0.39 is 28.2 Å². The van der Waals surface area contributed by atoms with Crippen LogP contribution in [0.5, 0.6) is 0 Å². The van der Waals surface area contributed by atoms with Gasteiger partial charge in [-0.1, -0.05) is 26.0 Å². The van der Waals surface area contributed by atoms with Crippen LogP contribution in [0.2, 0.25) is 0 Å². The summed E-state index contributed by atoms with van der Waals surface area (Å²) in [5, 5.41) is 8.48. The summed E-state index contributed by atoms with van der Waals surface area (Å²) in [6, 6.07) is 7.14. The number of hydrogen-bond acceptors (Lipinski definition) is 3. The highest BCUT2D eigenvalue weighted by Crippen LogP contribution is 2.20. The lowest BCUT2D eigenvalue weighted by Gasteiger charge is -2.11. The lowest BCUT2D eigenvalue weighted by atomic mass is 9.99. The van der Waals surface area contributed by atoms with E-state index in [-0.39, 0.29) is 0 Å². The SMILES string of the molecule is CCC(C)c1ccc(NS(=O)(=O)CCC(=O)O)cc1. The molecule has 0 aliphatic rings. The highest BCUT2D eigenvalue weighted by Gasteiger charge is 2.13. The summed E-state index contributed by atoms with van der Waals surface area (Å²) in [5.41, 5.74) is 1.61. The normalized spacial score (nSPS) is 12.9. The van der Waals surface area contributed by atoms with Crippen LogP contribution in [0.25, 0.3) is 0 Å². The van der Waals surface area contributed by atoms with Crippen LogP contribution in [0.4, 0.5) is 5.69 Å². The van der Waals surface area contributed by atoms with Crippen molar-refractivity contribution in [2.75, 3.05) is 10.5 Å². The topological polar surface area (TPSA) is 83.5 Å². The maximum atomic E-state index is 11.6. The minimum Gasteiger partial charge on any atom is -0.481 e. The van der Waals surface area contributed by atoms with Crippen LogP contribution in [0.15, 0.2) is 24.3 Å². The molecule has 0 spiro atoms. The van der Waals surface area contributed by atoms with Gasteiger partial charge in [-0.3, -0.25) is 9.52 Å². The van der Waals surface area contributed by atoms with Gasteiger partial charge in [-0.05, 0) is 30.0 Å². The first-order valence-electron chi connectivity index (χ1n) is 6.16. The molecule has 0 heterocycles. The summed E-state index contributed by atoms with van der Waals surface area (Å²) in [5.74, 6) is -1.12. The number of hydrogen-bond donors (Lipinski definition) is 2. The third-order valence-corrected chi connectivity index (χ3v) is 4.24. The van der Waals surface area contributed by atoms with E-state index in [9.17, 15) is 13.2 Å². The van der Waals surface area contributed by atoms with Crippen molar-refractivity contribution in [3.63, 3.8) is 0 Å². The Balaban J connectivity index is 2.69. The Labute approximate surface area is 113 Å². The molecule has 0 aromatic heterocycles. The summed E-state index contributed by atoms with van der Waals surface area (Å²) in [7, 11) is -3.60. The van der Waals surface area contributed by atoms with Crippen molar-refractivity contribution < 1.29 is 18.3 Å². The fourth-order valence-electron chi connectivity index (χ4n) is 1.57. The van der Waals surface area contributed by atoms with Crippen molar-refractivity contribution in [2.45, 2.75) is 32.6 Å². The molecule has 19 heavy (non-hydrogen) atoms. The predicted octanol–water partition coefficient (Wildman–Crippen LogP) is 2.42. The molecule has 0 fully saturated rings. The van der Waals surface area contributed by atoms with Crippen LogP contribution in [0.1, 0.15) is 38.2 Å². The first kappa shape index (κ1) is 15.5. The molecule has 0 amide bonds. The zero-order valence-electron chi connectivity index (χ0n) is 11.1. The van der Waals surface area contributed by atoms with E-state index in [4.69, 9.17) is 5.11 Å². The van der Waals surface area contributed by atoms with Crippen LogP contribution in [-0.4, -0.2) is 25.2 Å². The molecule has 2 N–H and O–H groups in total. The van der Waals surface area contributed by atoms with Gasteiger partial charge in [-0.25, -0.2) is 8.42 Å². The van der Waals surface area contributed by atoms with E-state index in [1.807, 2.05) is 12.1 Å². The number of carboxylic acid groups (broad SMARTS) is 1. The Bertz CT molecular complexity index is 522. The van der Waals surface area contributed by atoms with Crippen LogP contribution < -0.4 is 4.72 Å². The molecule has 106 valence electrons. The highest BCUT2D eigenvalue weighted by atomic mass is 32.2. The summed E-state index contributed by atoms with van der Waals surface area (Å²) in [4.78, 5) is 10.4. The number of sulfonamides is 1. The molecule has 0 radical (unpaired) electrons. The van der Waals surface area contributed by atoms with Crippen LogP contribution in [-0.2, 0) is 14.8 Å². The lowest BCUT2D eigenvalue weighted by Crippen LogP contribution is -2.18. The fourth-order valence-corrected chi connectivity index (χ4v) is 2.61. The Morgan fingerprint density at radius 3 is 2.37 bits per heavy atom. The molecule has 1 aromatic rings. The molecule has 0 aliphatic heterocycles. The summed E-state index contributed by atoms with van der Waals surface area (Å²) >= 11 is 0. The van der Waals surface area contributed by atoms with E-state index >= 15 is 0 Å². The van der Waals surface area contributed by atoms with Gasteiger partial charge in [0, 0.05) is 5.69 Å². The number of aliphatic carboxylic acids is 1. The number of anilines is 1. The second-order valence-electron chi connectivity index (χ2n) is 4.50. The van der Waals surface area contributed by atoms with Crippen molar-refractivity contribution in [3.8, 4) is 0 Å². The molecule has 0 aliphatic carbocycles. The second-order valence-corrected chi connectivity index (χ2v) is 6.34. The van der Waals surface area contributed by atoms with Gasteiger partial charge in [0.25, 0.3) is 0 Å². The molecule has 1 unspecified atom stereocenters. The van der Waals surface area contributed by atoms with Crippen molar-refractivity contribution in [3.05, 3.63) is 29.8 Å². The smallest absolute Gasteiger partial charge is 0.304 e. The average Bonchev–Trinajstić information content (AvgIpc) is 2.36. The van der Waals surface area contributed by atoms with Crippen LogP contribution >= 0.6 is 0 Å². The Morgan fingerprint density at radius 2 is 1.89 bits per heavy atom. The van der Waals surface area contributed by atoms with Crippen LogP contribution in [0, 0.1) is 0 Å². The van der Waals surface area contributed by atoms with E-state index in [1.54, 1.807) is 12.1 Å². The average molecular weight is 285 g/mol. The lowest BCUT2D eigenvalue weighted by molar-refractivity contribution is -0.136. The largest absolute Gasteiger partial charge is 0.481 e. The molecular formula is C13H19NO4S. The van der Waals surface area contributed by atoms with Crippen molar-refractivity contribution in [2.24, 2.45) is 0 Å². The van der Waals surface area contributed by atoms with Crippen LogP contribution in [0.3, 0.4) is 0 Å². The summed E-state index contributed by atoms with van der Waals surface area (Å²) in [6.07, 6.45) is 0.615. The van der Waals surface area contributed by atoms with Gasteiger partial charge >= 0.3 is 5.97 Å². The molecular weight excluding hydrogens is 266 g/mol. The zero-order valence-corrected chi connectivity index (χ0v) is 11.9. The second kappa shape index (κ2) is 6.56. The molecule has 1 atom stereocenters. The minimum absolute atomic E-state index is 0.402. The summed E-state index contributed by atoms with van der Waals surface area (Å²) < 4.78 is 25.6. The Kier molecular flexibility index (Phi) is 5.35. The van der Waals surface area contributed by atoms with Gasteiger partial charge in [-0.15, -0.1) is 0 Å². The number of benzene rings is 1. The Morgan fingerprint density at radius 1 is 1.32 bits per heavy atom. The third kappa shape index (κ3) is 5.30. The van der Waals surface area contributed by atoms with E-state index in [2.05, 4.69) is 18.6 Å². The fraction of sp³-hybridized carbons (Fsp3) is 0.462. The quantitative estimate of drug-likeness (QED) is 0.806. The zero-order chi connectivity index (χ0) is 14.5. The molecule has 5 nitrogen and oxygen atoms in total. The highest BCUT2D eigenvalue weighted by molar-refractivity contribution is 7.92. The molecule has 6 heteroatoms. The van der Waals surface area contributed by atoms with Gasteiger partial charge in [0.05, 0.1) is 12.2 Å². The van der Waals surface area contributed by atoms with Crippen molar-refractivity contribution in [1.82, 2.24) is 0 Å². The number of rotatable bonds is 7. The van der Waals surface area contributed by atoms with Gasteiger partial charge in [0.2, 0.25) is 10.0 Å². The standard InChI is InChI=1S/C13H19NO4S/c1-3-10(2)11-4-6-12(7-5-11)14-19(17,18)9-8-13(15)16/h4-7,10,14H,3,8-9H2,1-2H3,(H,15,16). The van der Waals surface area contributed by atoms with Gasteiger partial charge in [0.15, 0.2) is 0 Å². The molecule has 1 rings (SSSR count). The molecule has 0 saturated carbocycles. The number of carbonyl (C=O) groups is 1. The maximum absolute atomic E-state index is 11.6. The van der Waals surface area contributed by atoms with Gasteiger partial charge < -0.3 is 5.11 Å². The summed E-state index contributed by atoms with van der Waals surface area (Å²) in [6.45, 7) is 4.19.